The van der Waals surface area contributed by atoms with Crippen LogP contribution >= 0.6 is 0 Å². The van der Waals surface area contributed by atoms with Gasteiger partial charge in [0.1, 0.15) is 12.6 Å². The van der Waals surface area contributed by atoms with Crippen molar-refractivity contribution in [3.63, 3.8) is 0 Å². The second-order valence-electron chi connectivity index (χ2n) is 2.96. The van der Waals surface area contributed by atoms with E-state index in [-0.39, 0.29) is 13.2 Å². The van der Waals surface area contributed by atoms with Crippen LogP contribution in [0.3, 0.4) is 0 Å². The molecule has 0 aliphatic carbocycles. The van der Waals surface area contributed by atoms with E-state index in [4.69, 9.17) is 5.11 Å². The zero-order valence-corrected chi connectivity index (χ0v) is 9.28. The van der Waals surface area contributed by atoms with Gasteiger partial charge in [0.05, 0.1) is 13.2 Å². The molecule has 0 aromatic rings. The number of amides is 2. The van der Waals surface area contributed by atoms with E-state index in [1.807, 2.05) is 0 Å². The third-order valence-corrected chi connectivity index (χ3v) is 1.59. The highest BCUT2D eigenvalue weighted by Gasteiger charge is 2.18. The standard InChI is InChI=1S/C9H16N2O5/c1-3-16-8(14)4-10-9(15)7(5-12)11-6(2)13/h7,12H,3-5H2,1-2H3,(H,10,15)(H,11,13). The van der Waals surface area contributed by atoms with Crippen molar-refractivity contribution in [2.75, 3.05) is 19.8 Å². The van der Waals surface area contributed by atoms with Gasteiger partial charge in [-0.3, -0.25) is 14.4 Å². The zero-order chi connectivity index (χ0) is 12.6. The van der Waals surface area contributed by atoms with Gasteiger partial charge in [-0.25, -0.2) is 0 Å². The van der Waals surface area contributed by atoms with Gasteiger partial charge in [-0.2, -0.15) is 0 Å². The Balaban J connectivity index is 4.02. The van der Waals surface area contributed by atoms with Crippen molar-refractivity contribution in [2.24, 2.45) is 0 Å². The Hall–Kier alpha value is -1.63. The first-order valence-electron chi connectivity index (χ1n) is 4.82. The topological polar surface area (TPSA) is 105 Å². The third kappa shape index (κ3) is 5.97. The predicted octanol–water partition coefficient (Wildman–Crippen LogP) is -1.84. The monoisotopic (exact) mass is 232 g/mol. The Bertz CT molecular complexity index is 267. The SMILES string of the molecule is CCOC(=O)CNC(=O)C(CO)NC(C)=O. The molecule has 1 unspecified atom stereocenters. The molecule has 0 aromatic carbocycles. The van der Waals surface area contributed by atoms with Gasteiger partial charge in [0.2, 0.25) is 11.8 Å². The summed E-state index contributed by atoms with van der Waals surface area (Å²) in [6, 6.07) is -1.05. The number of hydrogen-bond donors (Lipinski definition) is 3. The molecule has 0 saturated heterocycles. The highest BCUT2D eigenvalue weighted by atomic mass is 16.5. The zero-order valence-electron chi connectivity index (χ0n) is 9.28. The van der Waals surface area contributed by atoms with Crippen LogP contribution in [0, 0.1) is 0 Å². The number of rotatable bonds is 6. The molecule has 7 nitrogen and oxygen atoms in total. The molecule has 0 aliphatic heterocycles. The molecule has 0 radical (unpaired) electrons. The van der Waals surface area contributed by atoms with E-state index in [1.165, 1.54) is 6.92 Å². The average Bonchev–Trinajstić information content (AvgIpc) is 2.22. The van der Waals surface area contributed by atoms with Crippen molar-refractivity contribution in [3.05, 3.63) is 0 Å². The molecule has 0 rings (SSSR count). The van der Waals surface area contributed by atoms with Gasteiger partial charge in [-0.1, -0.05) is 0 Å². The number of carbonyl (C=O) groups excluding carboxylic acids is 3. The van der Waals surface area contributed by atoms with Crippen molar-refractivity contribution < 1.29 is 24.2 Å². The minimum absolute atomic E-state index is 0.226. The molecule has 1 atom stereocenters. The maximum atomic E-state index is 11.3. The van der Waals surface area contributed by atoms with Gasteiger partial charge < -0.3 is 20.5 Å². The second-order valence-corrected chi connectivity index (χ2v) is 2.96. The van der Waals surface area contributed by atoms with E-state index in [0.717, 1.165) is 0 Å². The van der Waals surface area contributed by atoms with Crippen molar-refractivity contribution >= 4 is 17.8 Å². The van der Waals surface area contributed by atoms with E-state index in [2.05, 4.69) is 15.4 Å². The Morgan fingerprint density at radius 1 is 1.38 bits per heavy atom. The van der Waals surface area contributed by atoms with E-state index in [9.17, 15) is 14.4 Å². The smallest absolute Gasteiger partial charge is 0.325 e. The Morgan fingerprint density at radius 3 is 2.44 bits per heavy atom. The summed E-state index contributed by atoms with van der Waals surface area (Å²) in [5.74, 6) is -1.65. The Morgan fingerprint density at radius 2 is 2.00 bits per heavy atom. The molecule has 0 saturated carbocycles. The highest BCUT2D eigenvalue weighted by Crippen LogP contribution is 1.84. The maximum Gasteiger partial charge on any atom is 0.325 e. The molecule has 0 aromatic heterocycles. The summed E-state index contributed by atoms with van der Waals surface area (Å²) >= 11 is 0. The van der Waals surface area contributed by atoms with Gasteiger partial charge >= 0.3 is 5.97 Å². The summed E-state index contributed by atoms with van der Waals surface area (Å²) in [7, 11) is 0. The van der Waals surface area contributed by atoms with E-state index < -0.39 is 30.4 Å². The molecular weight excluding hydrogens is 216 g/mol. The first-order chi connectivity index (χ1) is 7.51. The number of esters is 1. The fraction of sp³-hybridized carbons (Fsp3) is 0.667. The molecule has 0 fully saturated rings. The van der Waals surface area contributed by atoms with Crippen LogP contribution in [0.2, 0.25) is 0 Å². The second kappa shape index (κ2) is 7.63. The lowest BCUT2D eigenvalue weighted by Gasteiger charge is -2.14. The fourth-order valence-corrected chi connectivity index (χ4v) is 0.934. The molecule has 16 heavy (non-hydrogen) atoms. The maximum absolute atomic E-state index is 11.3. The van der Waals surface area contributed by atoms with Crippen LogP contribution in [-0.4, -0.2) is 48.7 Å². The van der Waals surface area contributed by atoms with Crippen LogP contribution in [-0.2, 0) is 19.1 Å². The summed E-state index contributed by atoms with van der Waals surface area (Å²) in [5, 5.41) is 13.3. The number of aliphatic hydroxyl groups is 1. The van der Waals surface area contributed by atoms with Crippen molar-refractivity contribution in [1.82, 2.24) is 10.6 Å². The van der Waals surface area contributed by atoms with Gasteiger partial charge in [0, 0.05) is 6.92 Å². The lowest BCUT2D eigenvalue weighted by Crippen LogP contribution is -2.49. The van der Waals surface area contributed by atoms with Gasteiger partial charge in [-0.05, 0) is 6.92 Å². The van der Waals surface area contributed by atoms with Crippen molar-refractivity contribution in [2.45, 2.75) is 19.9 Å². The fourth-order valence-electron chi connectivity index (χ4n) is 0.934. The molecule has 0 heterocycles. The Labute approximate surface area is 93.2 Å². The number of aliphatic hydroxyl groups excluding tert-OH is 1. The summed E-state index contributed by atoms with van der Waals surface area (Å²) in [6.07, 6.45) is 0. The minimum atomic E-state index is -1.05. The van der Waals surface area contributed by atoms with Crippen LogP contribution in [0.1, 0.15) is 13.8 Å². The largest absolute Gasteiger partial charge is 0.465 e. The van der Waals surface area contributed by atoms with Crippen LogP contribution in [0.4, 0.5) is 0 Å². The quantitative estimate of drug-likeness (QED) is 0.467. The van der Waals surface area contributed by atoms with Gasteiger partial charge in [0.15, 0.2) is 0 Å². The lowest BCUT2D eigenvalue weighted by atomic mass is 10.3. The normalized spacial score (nSPS) is 11.4. The molecule has 0 spiro atoms. The molecule has 7 heteroatoms. The third-order valence-electron chi connectivity index (χ3n) is 1.59. The number of nitrogens with one attached hydrogen (secondary N) is 2. The first-order valence-corrected chi connectivity index (χ1v) is 4.82. The minimum Gasteiger partial charge on any atom is -0.465 e. The van der Waals surface area contributed by atoms with Crippen LogP contribution in [0.15, 0.2) is 0 Å². The Kier molecular flexibility index (Phi) is 6.86. The number of hydrogen-bond acceptors (Lipinski definition) is 5. The first kappa shape index (κ1) is 14.4. The van der Waals surface area contributed by atoms with Crippen LogP contribution in [0.5, 0.6) is 0 Å². The summed E-state index contributed by atoms with van der Waals surface area (Å²) in [6.45, 7) is 2.27. The van der Waals surface area contributed by atoms with Crippen LogP contribution < -0.4 is 10.6 Å². The highest BCUT2D eigenvalue weighted by molar-refractivity contribution is 5.89. The van der Waals surface area contributed by atoms with E-state index in [1.54, 1.807) is 6.92 Å². The summed E-state index contributed by atoms with van der Waals surface area (Å²) in [5.41, 5.74) is 0. The molecular formula is C9H16N2O5. The number of ether oxygens (including phenoxy) is 1. The summed E-state index contributed by atoms with van der Waals surface area (Å²) < 4.78 is 4.58. The lowest BCUT2D eigenvalue weighted by molar-refractivity contribution is -0.143. The molecule has 92 valence electrons. The molecule has 3 N–H and O–H groups in total. The number of carbonyl (C=O) groups is 3. The van der Waals surface area contributed by atoms with E-state index in [0.29, 0.717) is 0 Å². The predicted molar refractivity (Wildman–Crippen MR) is 54.3 cm³/mol. The van der Waals surface area contributed by atoms with Crippen molar-refractivity contribution in [1.29, 1.82) is 0 Å². The van der Waals surface area contributed by atoms with E-state index >= 15 is 0 Å². The molecule has 2 amide bonds. The average molecular weight is 232 g/mol. The van der Waals surface area contributed by atoms with Crippen molar-refractivity contribution in [3.8, 4) is 0 Å². The molecule has 0 aliphatic rings. The van der Waals surface area contributed by atoms with Gasteiger partial charge in [-0.15, -0.1) is 0 Å². The molecule has 0 bridgehead atoms. The van der Waals surface area contributed by atoms with Gasteiger partial charge in [0.25, 0.3) is 0 Å². The van der Waals surface area contributed by atoms with Crippen LogP contribution in [0.25, 0.3) is 0 Å². The summed E-state index contributed by atoms with van der Waals surface area (Å²) in [4.78, 5) is 32.9.